The second kappa shape index (κ2) is 4.09. The van der Waals surface area contributed by atoms with Crippen molar-refractivity contribution >= 4 is 16.8 Å². The van der Waals surface area contributed by atoms with Crippen molar-refractivity contribution in [3.05, 3.63) is 48.0 Å². The number of nitrogens with one attached hydrogen (secondary N) is 1. The van der Waals surface area contributed by atoms with Gasteiger partial charge >= 0.3 is 0 Å². The first-order chi connectivity index (χ1) is 8.36. The van der Waals surface area contributed by atoms with Crippen molar-refractivity contribution in [3.63, 3.8) is 0 Å². The molecule has 0 spiro atoms. The van der Waals surface area contributed by atoms with Gasteiger partial charge in [0.25, 0.3) is 6.02 Å². The van der Waals surface area contributed by atoms with Gasteiger partial charge in [0.05, 0.1) is 6.04 Å². The summed E-state index contributed by atoms with van der Waals surface area (Å²) in [6, 6.07) is 15.7. The first-order valence-corrected chi connectivity index (χ1v) is 5.71. The minimum atomic E-state index is 0.207. The average Bonchev–Trinajstić information content (AvgIpc) is 2.87. The van der Waals surface area contributed by atoms with Crippen LogP contribution in [0.5, 0.6) is 0 Å². The molecule has 3 rings (SSSR count). The van der Waals surface area contributed by atoms with E-state index in [-0.39, 0.29) is 6.04 Å². The maximum absolute atomic E-state index is 5.42. The van der Waals surface area contributed by atoms with E-state index in [2.05, 4.69) is 52.8 Å². The predicted molar refractivity (Wildman–Crippen MR) is 69.1 cm³/mol. The third kappa shape index (κ3) is 1.84. The Balaban J connectivity index is 1.96. The van der Waals surface area contributed by atoms with Crippen LogP contribution in [0.4, 0.5) is 0 Å². The van der Waals surface area contributed by atoms with Gasteiger partial charge in [-0.2, -0.15) is 0 Å². The molecule has 1 fully saturated rings. The summed E-state index contributed by atoms with van der Waals surface area (Å²) in [6.07, 6.45) is 0. The summed E-state index contributed by atoms with van der Waals surface area (Å²) in [5.74, 6) is 0. The molecule has 1 N–H and O–H groups in total. The van der Waals surface area contributed by atoms with Gasteiger partial charge in [-0.25, -0.2) is 4.99 Å². The van der Waals surface area contributed by atoms with Crippen LogP contribution in [-0.2, 0) is 4.74 Å². The Kier molecular flexibility index (Phi) is 2.44. The molecule has 1 aliphatic heterocycles. The highest BCUT2D eigenvalue weighted by Crippen LogP contribution is 2.22. The largest absolute Gasteiger partial charge is 0.463 e. The summed E-state index contributed by atoms with van der Waals surface area (Å²) in [4.78, 5) is 4.01. The molecule has 86 valence electrons. The van der Waals surface area contributed by atoms with Crippen molar-refractivity contribution in [3.8, 4) is 0 Å². The van der Waals surface area contributed by atoms with E-state index in [0.29, 0.717) is 12.6 Å². The highest BCUT2D eigenvalue weighted by Gasteiger charge is 2.21. The van der Waals surface area contributed by atoms with E-state index >= 15 is 0 Å². The molecule has 3 nitrogen and oxygen atoms in total. The third-order valence-electron chi connectivity index (χ3n) is 3.06. The maximum Gasteiger partial charge on any atom is 0.285 e. The second-order valence-corrected chi connectivity index (χ2v) is 4.14. The van der Waals surface area contributed by atoms with Gasteiger partial charge in [-0.1, -0.05) is 36.4 Å². The predicted octanol–water partition coefficient (Wildman–Crippen LogP) is 2.49. The van der Waals surface area contributed by atoms with Gasteiger partial charge in [0.1, 0.15) is 6.61 Å². The van der Waals surface area contributed by atoms with Gasteiger partial charge in [-0.05, 0) is 22.4 Å². The summed E-state index contributed by atoms with van der Waals surface area (Å²) < 4.78 is 5.42. The van der Waals surface area contributed by atoms with Crippen LogP contribution in [0.3, 0.4) is 0 Å². The molecule has 1 aliphatic rings. The number of nitrogens with zero attached hydrogens (tertiary/aromatic N) is 1. The molecule has 0 bridgehead atoms. The summed E-state index contributed by atoms with van der Waals surface area (Å²) in [6.45, 7) is 0.644. The number of benzene rings is 2. The van der Waals surface area contributed by atoms with Crippen LogP contribution < -0.4 is 5.32 Å². The van der Waals surface area contributed by atoms with E-state index in [9.17, 15) is 0 Å². The van der Waals surface area contributed by atoms with Crippen molar-refractivity contribution < 1.29 is 4.74 Å². The van der Waals surface area contributed by atoms with E-state index < -0.39 is 0 Å². The van der Waals surface area contributed by atoms with E-state index in [1.165, 1.54) is 16.3 Å². The topological polar surface area (TPSA) is 33.6 Å². The van der Waals surface area contributed by atoms with Gasteiger partial charge in [-0.3, -0.25) is 0 Å². The number of hydrogen-bond donors (Lipinski definition) is 1. The monoisotopic (exact) mass is 226 g/mol. The average molecular weight is 226 g/mol. The zero-order valence-electron chi connectivity index (χ0n) is 9.68. The lowest BCUT2D eigenvalue weighted by molar-refractivity contribution is 0.327. The van der Waals surface area contributed by atoms with Crippen molar-refractivity contribution in [1.29, 1.82) is 0 Å². The molecule has 0 aliphatic carbocycles. The first kappa shape index (κ1) is 10.1. The fourth-order valence-electron chi connectivity index (χ4n) is 2.13. The number of aliphatic imine (C=N–C) groups is 1. The molecule has 0 radical (unpaired) electrons. The Bertz CT molecular complexity index is 577. The molecule has 1 saturated heterocycles. The van der Waals surface area contributed by atoms with Gasteiger partial charge in [0.15, 0.2) is 0 Å². The molecule has 0 saturated carbocycles. The summed E-state index contributed by atoms with van der Waals surface area (Å²) >= 11 is 0. The van der Waals surface area contributed by atoms with E-state index in [1.54, 1.807) is 7.05 Å². The van der Waals surface area contributed by atoms with Crippen LogP contribution in [0.2, 0.25) is 0 Å². The Morgan fingerprint density at radius 3 is 2.76 bits per heavy atom. The van der Waals surface area contributed by atoms with E-state index in [1.807, 2.05) is 0 Å². The van der Waals surface area contributed by atoms with Gasteiger partial charge in [0, 0.05) is 7.05 Å². The van der Waals surface area contributed by atoms with Gasteiger partial charge < -0.3 is 10.1 Å². The zero-order chi connectivity index (χ0) is 11.7. The Morgan fingerprint density at radius 2 is 2.00 bits per heavy atom. The minimum absolute atomic E-state index is 0.207. The lowest BCUT2D eigenvalue weighted by atomic mass is 10.0. The van der Waals surface area contributed by atoms with Crippen LogP contribution in [0, 0.1) is 0 Å². The molecule has 2 aromatic rings. The lowest BCUT2D eigenvalue weighted by Gasteiger charge is -2.09. The fraction of sp³-hybridized carbons (Fsp3) is 0.214. The zero-order valence-corrected chi connectivity index (χ0v) is 9.68. The quantitative estimate of drug-likeness (QED) is 0.810. The molecule has 1 heterocycles. The molecule has 0 aromatic heterocycles. The highest BCUT2D eigenvalue weighted by atomic mass is 16.5. The van der Waals surface area contributed by atoms with Crippen LogP contribution in [0.1, 0.15) is 11.6 Å². The summed E-state index contributed by atoms with van der Waals surface area (Å²) in [7, 11) is 1.73. The number of rotatable bonds is 1. The molecule has 3 heteroatoms. The van der Waals surface area contributed by atoms with Crippen molar-refractivity contribution in [2.24, 2.45) is 4.99 Å². The molecular formula is C14H14N2O. The second-order valence-electron chi connectivity index (χ2n) is 4.14. The Morgan fingerprint density at radius 1 is 1.18 bits per heavy atom. The lowest BCUT2D eigenvalue weighted by Crippen LogP contribution is -2.19. The molecule has 1 atom stereocenters. The SMILES string of the molecule is CN=C1NC(c2ccc3ccccc3c2)CO1. The van der Waals surface area contributed by atoms with Crippen LogP contribution in [-0.4, -0.2) is 19.7 Å². The number of amidine groups is 1. The van der Waals surface area contributed by atoms with Crippen LogP contribution in [0.25, 0.3) is 10.8 Å². The third-order valence-corrected chi connectivity index (χ3v) is 3.06. The standard InChI is InChI=1S/C14H14N2O/c1-15-14-16-13(9-17-14)12-7-6-10-4-2-3-5-11(10)8-12/h2-8,13H,9H2,1H3,(H,15,16). The Hall–Kier alpha value is -2.03. The maximum atomic E-state index is 5.42. The van der Waals surface area contributed by atoms with Crippen LogP contribution >= 0.6 is 0 Å². The summed E-state index contributed by atoms with van der Waals surface area (Å²) in [5, 5.41) is 5.77. The highest BCUT2D eigenvalue weighted by molar-refractivity contribution is 5.83. The normalized spacial score (nSPS) is 21.5. The van der Waals surface area contributed by atoms with E-state index in [4.69, 9.17) is 4.74 Å². The molecule has 17 heavy (non-hydrogen) atoms. The first-order valence-electron chi connectivity index (χ1n) is 5.71. The molecule has 2 aromatic carbocycles. The molecular weight excluding hydrogens is 212 g/mol. The van der Waals surface area contributed by atoms with Crippen LogP contribution in [0.15, 0.2) is 47.5 Å². The summed E-state index contributed by atoms with van der Waals surface area (Å²) in [5.41, 5.74) is 1.24. The Labute approximate surface area is 100 Å². The minimum Gasteiger partial charge on any atom is -0.463 e. The number of ether oxygens (including phenoxy) is 1. The van der Waals surface area contributed by atoms with Crippen molar-refractivity contribution in [1.82, 2.24) is 5.32 Å². The molecule has 0 amide bonds. The smallest absolute Gasteiger partial charge is 0.285 e. The van der Waals surface area contributed by atoms with Crippen molar-refractivity contribution in [2.45, 2.75) is 6.04 Å². The van der Waals surface area contributed by atoms with Gasteiger partial charge in [-0.15, -0.1) is 0 Å². The number of fused-ring (bicyclic) bond motifs is 1. The van der Waals surface area contributed by atoms with Gasteiger partial charge in [0.2, 0.25) is 0 Å². The molecule has 1 unspecified atom stereocenters. The number of hydrogen-bond acceptors (Lipinski definition) is 2. The fourth-order valence-corrected chi connectivity index (χ4v) is 2.13. The van der Waals surface area contributed by atoms with Crippen molar-refractivity contribution in [2.75, 3.05) is 13.7 Å². The van der Waals surface area contributed by atoms with E-state index in [0.717, 1.165) is 0 Å².